The predicted octanol–water partition coefficient (Wildman–Crippen LogP) is 3.02. The highest BCUT2D eigenvalue weighted by Gasteiger charge is 2.34. The molecule has 0 saturated heterocycles. The van der Waals surface area contributed by atoms with Gasteiger partial charge in [0.15, 0.2) is 0 Å². The Bertz CT molecular complexity index is 394. The molecule has 2 nitrogen and oxygen atoms in total. The molecule has 1 rings (SSSR count). The van der Waals surface area contributed by atoms with Crippen LogP contribution in [0.2, 0.25) is 0 Å². The van der Waals surface area contributed by atoms with Gasteiger partial charge in [0, 0.05) is 18.6 Å². The highest BCUT2D eigenvalue weighted by Crippen LogP contribution is 2.29. The van der Waals surface area contributed by atoms with Crippen molar-refractivity contribution in [2.75, 3.05) is 13.6 Å². The van der Waals surface area contributed by atoms with Crippen LogP contribution >= 0.6 is 0 Å². The van der Waals surface area contributed by atoms with Gasteiger partial charge in [0.2, 0.25) is 0 Å². The van der Waals surface area contributed by atoms with Crippen LogP contribution in [0.25, 0.3) is 0 Å². The predicted molar refractivity (Wildman–Crippen MR) is 74.8 cm³/mol. The van der Waals surface area contributed by atoms with Gasteiger partial charge >= 0.3 is 0 Å². The van der Waals surface area contributed by atoms with Gasteiger partial charge in [-0.25, -0.2) is 4.39 Å². The largest absolute Gasteiger partial charge is 0.325 e. The Hall–Kier alpha value is -0.930. The summed E-state index contributed by atoms with van der Waals surface area (Å²) in [5.41, 5.74) is 6.93. The number of hydrogen-bond acceptors (Lipinski definition) is 2. The summed E-state index contributed by atoms with van der Waals surface area (Å²) in [6.45, 7) is 10.0. The third-order valence-electron chi connectivity index (χ3n) is 3.75. The van der Waals surface area contributed by atoms with Crippen molar-refractivity contribution in [2.45, 2.75) is 39.8 Å². The lowest BCUT2D eigenvalue weighted by atomic mass is 9.75. The molecule has 0 unspecified atom stereocenters. The van der Waals surface area contributed by atoms with Crippen LogP contribution in [-0.2, 0) is 6.54 Å². The SMILES string of the molecule is CN(Cc1cccc(F)c1)CC(C)(C)C(C)(C)N. The average molecular weight is 252 g/mol. The van der Waals surface area contributed by atoms with Crippen molar-refractivity contribution in [1.82, 2.24) is 4.90 Å². The fraction of sp³-hybridized carbons (Fsp3) is 0.600. The number of nitrogens with two attached hydrogens (primary N) is 1. The number of benzene rings is 1. The summed E-state index contributed by atoms with van der Waals surface area (Å²) in [6, 6.07) is 6.74. The summed E-state index contributed by atoms with van der Waals surface area (Å²) in [4.78, 5) is 2.18. The second-order valence-electron chi connectivity index (χ2n) is 6.41. The van der Waals surface area contributed by atoms with Gasteiger partial charge in [0.25, 0.3) is 0 Å². The average Bonchev–Trinajstić information content (AvgIpc) is 2.14. The standard InChI is InChI=1S/C15H25FN2/c1-14(2,15(3,4)17)11-18(5)10-12-7-6-8-13(16)9-12/h6-9H,10-11,17H2,1-5H3. The molecular weight excluding hydrogens is 227 g/mol. The molecule has 0 aliphatic rings. The molecule has 0 aliphatic heterocycles. The van der Waals surface area contributed by atoms with Crippen LogP contribution in [0.3, 0.4) is 0 Å². The lowest BCUT2D eigenvalue weighted by molar-refractivity contribution is 0.126. The normalized spacial score (nSPS) is 13.1. The molecule has 2 N–H and O–H groups in total. The van der Waals surface area contributed by atoms with Crippen LogP contribution in [0, 0.1) is 11.2 Å². The van der Waals surface area contributed by atoms with Crippen LogP contribution in [0.1, 0.15) is 33.3 Å². The van der Waals surface area contributed by atoms with E-state index in [2.05, 4.69) is 18.7 Å². The lowest BCUT2D eigenvalue weighted by Gasteiger charge is -2.41. The van der Waals surface area contributed by atoms with Crippen LogP contribution in [-0.4, -0.2) is 24.0 Å². The van der Waals surface area contributed by atoms with E-state index >= 15 is 0 Å². The maximum absolute atomic E-state index is 13.1. The Morgan fingerprint density at radius 2 is 1.83 bits per heavy atom. The van der Waals surface area contributed by atoms with Gasteiger partial charge in [0.05, 0.1) is 0 Å². The van der Waals surface area contributed by atoms with E-state index in [9.17, 15) is 4.39 Å². The van der Waals surface area contributed by atoms with Gasteiger partial charge in [-0.3, -0.25) is 0 Å². The van der Waals surface area contributed by atoms with Crippen LogP contribution < -0.4 is 5.73 Å². The zero-order valence-electron chi connectivity index (χ0n) is 12.1. The second kappa shape index (κ2) is 5.37. The van der Waals surface area contributed by atoms with Crippen LogP contribution in [0.15, 0.2) is 24.3 Å². The highest BCUT2D eigenvalue weighted by atomic mass is 19.1. The Kier molecular flexibility index (Phi) is 4.51. The molecule has 0 radical (unpaired) electrons. The van der Waals surface area contributed by atoms with Crippen LogP contribution in [0.5, 0.6) is 0 Å². The van der Waals surface area contributed by atoms with E-state index in [4.69, 9.17) is 5.73 Å². The minimum Gasteiger partial charge on any atom is -0.325 e. The summed E-state index contributed by atoms with van der Waals surface area (Å²) in [5.74, 6) is -0.181. The molecule has 0 saturated carbocycles. The smallest absolute Gasteiger partial charge is 0.123 e. The maximum atomic E-state index is 13.1. The third-order valence-corrected chi connectivity index (χ3v) is 3.75. The van der Waals surface area contributed by atoms with Gasteiger partial charge in [-0.05, 0) is 44.0 Å². The molecule has 0 spiro atoms. The molecule has 102 valence electrons. The zero-order valence-corrected chi connectivity index (χ0v) is 12.1. The molecule has 1 aromatic rings. The molecule has 0 heterocycles. The van der Waals surface area contributed by atoms with Crippen molar-refractivity contribution in [3.63, 3.8) is 0 Å². The molecular formula is C15H25FN2. The van der Waals surface area contributed by atoms with Gasteiger partial charge in [-0.2, -0.15) is 0 Å². The maximum Gasteiger partial charge on any atom is 0.123 e. The molecule has 0 bridgehead atoms. The molecule has 0 amide bonds. The molecule has 1 aromatic carbocycles. The quantitative estimate of drug-likeness (QED) is 0.873. The fourth-order valence-corrected chi connectivity index (χ4v) is 1.88. The minimum atomic E-state index is -0.247. The molecule has 0 aromatic heterocycles. The summed E-state index contributed by atoms with van der Waals surface area (Å²) in [5, 5.41) is 0. The Morgan fingerprint density at radius 3 is 2.33 bits per heavy atom. The van der Waals surface area contributed by atoms with E-state index < -0.39 is 0 Å². The highest BCUT2D eigenvalue weighted by molar-refractivity contribution is 5.16. The fourth-order valence-electron chi connectivity index (χ4n) is 1.88. The number of nitrogens with zero attached hydrogens (tertiary/aromatic N) is 1. The van der Waals surface area contributed by atoms with Gasteiger partial charge in [0.1, 0.15) is 5.82 Å². The van der Waals surface area contributed by atoms with Crippen molar-refractivity contribution in [1.29, 1.82) is 0 Å². The monoisotopic (exact) mass is 252 g/mol. The Morgan fingerprint density at radius 1 is 1.22 bits per heavy atom. The first-order valence-electron chi connectivity index (χ1n) is 6.34. The van der Waals surface area contributed by atoms with Gasteiger partial charge < -0.3 is 10.6 Å². The first-order chi connectivity index (χ1) is 8.12. The van der Waals surface area contributed by atoms with Crippen LogP contribution in [0.4, 0.5) is 4.39 Å². The van der Waals surface area contributed by atoms with E-state index in [1.807, 2.05) is 27.0 Å². The molecule has 0 atom stereocenters. The van der Waals surface area contributed by atoms with Crippen molar-refractivity contribution >= 4 is 0 Å². The topological polar surface area (TPSA) is 29.3 Å². The summed E-state index contributed by atoms with van der Waals surface area (Å²) in [7, 11) is 2.04. The first-order valence-corrected chi connectivity index (χ1v) is 6.34. The number of hydrogen-bond donors (Lipinski definition) is 1. The first kappa shape index (κ1) is 15.1. The third kappa shape index (κ3) is 4.07. The molecule has 0 fully saturated rings. The summed E-state index contributed by atoms with van der Waals surface area (Å²) < 4.78 is 13.1. The summed E-state index contributed by atoms with van der Waals surface area (Å²) >= 11 is 0. The van der Waals surface area contributed by atoms with E-state index in [-0.39, 0.29) is 16.8 Å². The number of rotatable bonds is 5. The molecule has 3 heteroatoms. The summed E-state index contributed by atoms with van der Waals surface area (Å²) in [6.07, 6.45) is 0. The van der Waals surface area contributed by atoms with Crippen molar-refractivity contribution in [3.8, 4) is 0 Å². The zero-order chi connectivity index (χ0) is 14.0. The van der Waals surface area contributed by atoms with E-state index in [1.165, 1.54) is 6.07 Å². The molecule has 0 aliphatic carbocycles. The Balaban J connectivity index is 2.65. The van der Waals surface area contributed by atoms with Crippen molar-refractivity contribution in [2.24, 2.45) is 11.1 Å². The van der Waals surface area contributed by atoms with E-state index in [0.29, 0.717) is 0 Å². The lowest BCUT2D eigenvalue weighted by Crippen LogP contribution is -2.52. The van der Waals surface area contributed by atoms with Crippen molar-refractivity contribution in [3.05, 3.63) is 35.6 Å². The van der Waals surface area contributed by atoms with Gasteiger partial charge in [-0.1, -0.05) is 26.0 Å². The Labute approximate surface area is 110 Å². The second-order valence-corrected chi connectivity index (χ2v) is 6.41. The van der Waals surface area contributed by atoms with Gasteiger partial charge in [-0.15, -0.1) is 0 Å². The number of halogens is 1. The molecule has 18 heavy (non-hydrogen) atoms. The van der Waals surface area contributed by atoms with E-state index in [1.54, 1.807) is 12.1 Å². The minimum absolute atomic E-state index is 0.00489. The van der Waals surface area contributed by atoms with Crippen molar-refractivity contribution < 1.29 is 4.39 Å². The van der Waals surface area contributed by atoms with E-state index in [0.717, 1.165) is 18.7 Å².